The minimum Gasteiger partial charge on any atom is -0.466 e. The van der Waals surface area contributed by atoms with E-state index in [0.717, 1.165) is 8.66 Å². The van der Waals surface area contributed by atoms with Gasteiger partial charge in [-0.1, -0.05) is 0 Å². The molecule has 0 aromatic carbocycles. The van der Waals surface area contributed by atoms with Crippen LogP contribution in [0.15, 0.2) is 15.9 Å². The lowest BCUT2D eigenvalue weighted by Crippen LogP contribution is -2.16. The number of esters is 1. The molecule has 1 atom stereocenters. The molecule has 0 aliphatic carbocycles. The molecule has 1 aromatic heterocycles. The maximum Gasteiger partial charge on any atom is 0.307 e. The molecular formula is C9H13BrClNO2S. The van der Waals surface area contributed by atoms with Gasteiger partial charge in [0.15, 0.2) is 0 Å². The van der Waals surface area contributed by atoms with Crippen molar-refractivity contribution in [2.75, 3.05) is 6.61 Å². The lowest BCUT2D eigenvalue weighted by atomic mass is 10.2. The Bertz CT molecular complexity index is 319. The van der Waals surface area contributed by atoms with Gasteiger partial charge in [0.2, 0.25) is 0 Å². The predicted molar refractivity (Wildman–Crippen MR) is 67.4 cm³/mol. The highest BCUT2D eigenvalue weighted by Gasteiger charge is 2.13. The number of halogens is 2. The molecule has 2 N–H and O–H groups in total. The molecule has 0 fully saturated rings. The number of hydrogen-bond donors (Lipinski definition) is 1. The van der Waals surface area contributed by atoms with Crippen LogP contribution in [0.2, 0.25) is 0 Å². The van der Waals surface area contributed by atoms with Crippen LogP contribution in [-0.2, 0) is 9.53 Å². The third kappa shape index (κ3) is 4.97. The Morgan fingerprint density at radius 1 is 1.67 bits per heavy atom. The van der Waals surface area contributed by atoms with Gasteiger partial charge in [-0.25, -0.2) is 0 Å². The van der Waals surface area contributed by atoms with Crippen molar-refractivity contribution in [3.63, 3.8) is 0 Å². The lowest BCUT2D eigenvalue weighted by molar-refractivity contribution is -0.143. The number of rotatable bonds is 4. The molecule has 0 saturated heterocycles. The van der Waals surface area contributed by atoms with E-state index in [1.54, 1.807) is 6.92 Å². The van der Waals surface area contributed by atoms with Crippen LogP contribution in [0.1, 0.15) is 24.3 Å². The summed E-state index contributed by atoms with van der Waals surface area (Å²) < 4.78 is 5.83. The van der Waals surface area contributed by atoms with E-state index < -0.39 is 0 Å². The predicted octanol–water partition coefficient (Wildman–Crippen LogP) is 2.89. The van der Waals surface area contributed by atoms with E-state index in [0.29, 0.717) is 6.61 Å². The van der Waals surface area contributed by atoms with Gasteiger partial charge in [-0.05, 0) is 35.0 Å². The van der Waals surface area contributed by atoms with Gasteiger partial charge in [-0.2, -0.15) is 0 Å². The average molecular weight is 315 g/mol. The standard InChI is InChI=1S/C9H12BrNO2S.ClH/c1-2-13-9(12)5-6(11)7-3-4-8(10)14-7;/h3-4,6H,2,5,11H2,1H3;1H/t6-;/m1./s1. The van der Waals surface area contributed by atoms with Gasteiger partial charge < -0.3 is 10.5 Å². The highest BCUT2D eigenvalue weighted by Crippen LogP contribution is 2.27. The van der Waals surface area contributed by atoms with Gasteiger partial charge in [0.1, 0.15) is 0 Å². The fraction of sp³-hybridized carbons (Fsp3) is 0.444. The lowest BCUT2D eigenvalue weighted by Gasteiger charge is -2.07. The first-order chi connectivity index (χ1) is 6.63. The second kappa shape index (κ2) is 7.22. The van der Waals surface area contributed by atoms with Gasteiger partial charge in [-0.3, -0.25) is 4.79 Å². The molecule has 0 spiro atoms. The second-order valence-corrected chi connectivity index (χ2v) is 5.25. The minimum absolute atomic E-state index is 0. The van der Waals surface area contributed by atoms with E-state index in [2.05, 4.69) is 15.9 Å². The second-order valence-electron chi connectivity index (χ2n) is 2.76. The summed E-state index contributed by atoms with van der Waals surface area (Å²) in [6.07, 6.45) is 0.237. The molecule has 15 heavy (non-hydrogen) atoms. The molecule has 6 heteroatoms. The summed E-state index contributed by atoms with van der Waals surface area (Å²) in [6.45, 7) is 2.19. The van der Waals surface area contributed by atoms with E-state index in [1.807, 2.05) is 12.1 Å². The summed E-state index contributed by atoms with van der Waals surface area (Å²) in [5.74, 6) is -0.246. The number of nitrogens with two attached hydrogens (primary N) is 1. The molecule has 0 aliphatic rings. The summed E-state index contributed by atoms with van der Waals surface area (Å²) in [4.78, 5) is 12.1. The van der Waals surface area contributed by atoms with Crippen molar-refractivity contribution < 1.29 is 9.53 Å². The fourth-order valence-electron chi connectivity index (χ4n) is 1.03. The van der Waals surface area contributed by atoms with Crippen LogP contribution in [0, 0.1) is 0 Å². The largest absolute Gasteiger partial charge is 0.466 e. The van der Waals surface area contributed by atoms with Crippen LogP contribution in [0.4, 0.5) is 0 Å². The smallest absolute Gasteiger partial charge is 0.307 e. The number of thiophene rings is 1. The van der Waals surface area contributed by atoms with Crippen molar-refractivity contribution in [2.45, 2.75) is 19.4 Å². The maximum absolute atomic E-state index is 11.1. The van der Waals surface area contributed by atoms with Crippen molar-refractivity contribution in [3.8, 4) is 0 Å². The molecule has 0 radical (unpaired) electrons. The van der Waals surface area contributed by atoms with Crippen molar-refractivity contribution in [3.05, 3.63) is 20.8 Å². The highest BCUT2D eigenvalue weighted by atomic mass is 79.9. The highest BCUT2D eigenvalue weighted by molar-refractivity contribution is 9.11. The summed E-state index contributed by atoms with van der Waals surface area (Å²) in [5.41, 5.74) is 5.83. The fourth-order valence-corrected chi connectivity index (χ4v) is 2.45. The maximum atomic E-state index is 11.1. The zero-order valence-corrected chi connectivity index (χ0v) is 11.5. The van der Waals surface area contributed by atoms with Gasteiger partial charge in [-0.15, -0.1) is 23.7 Å². The van der Waals surface area contributed by atoms with Crippen LogP contribution in [-0.4, -0.2) is 12.6 Å². The molecule has 0 saturated carbocycles. The number of hydrogen-bond acceptors (Lipinski definition) is 4. The summed E-state index contributed by atoms with van der Waals surface area (Å²) >= 11 is 4.88. The molecule has 0 amide bonds. The Hall–Kier alpha value is -0.100. The quantitative estimate of drug-likeness (QED) is 0.869. The van der Waals surface area contributed by atoms with Crippen LogP contribution in [0.25, 0.3) is 0 Å². The van der Waals surface area contributed by atoms with Gasteiger partial charge >= 0.3 is 5.97 Å². The monoisotopic (exact) mass is 313 g/mol. The molecule has 0 aliphatic heterocycles. The zero-order valence-electron chi connectivity index (χ0n) is 8.23. The van der Waals surface area contributed by atoms with E-state index in [4.69, 9.17) is 10.5 Å². The van der Waals surface area contributed by atoms with Gasteiger partial charge in [0.05, 0.1) is 16.8 Å². The van der Waals surface area contributed by atoms with Crippen molar-refractivity contribution in [2.24, 2.45) is 5.73 Å². The summed E-state index contributed by atoms with van der Waals surface area (Å²) in [7, 11) is 0. The average Bonchev–Trinajstić information content (AvgIpc) is 2.52. The molecule has 0 bridgehead atoms. The first-order valence-corrected chi connectivity index (χ1v) is 5.91. The first-order valence-electron chi connectivity index (χ1n) is 4.30. The van der Waals surface area contributed by atoms with E-state index in [-0.39, 0.29) is 30.8 Å². The minimum atomic E-state index is -0.259. The molecule has 3 nitrogen and oxygen atoms in total. The normalized spacial score (nSPS) is 11.7. The summed E-state index contributed by atoms with van der Waals surface area (Å²) in [5, 5.41) is 0. The molecule has 1 rings (SSSR count). The van der Waals surface area contributed by atoms with Gasteiger partial charge in [0, 0.05) is 10.9 Å². The molecule has 1 heterocycles. The Morgan fingerprint density at radius 2 is 2.33 bits per heavy atom. The Morgan fingerprint density at radius 3 is 2.80 bits per heavy atom. The third-order valence-corrected chi connectivity index (χ3v) is 3.41. The van der Waals surface area contributed by atoms with Crippen LogP contribution < -0.4 is 5.73 Å². The van der Waals surface area contributed by atoms with Gasteiger partial charge in [0.25, 0.3) is 0 Å². The van der Waals surface area contributed by atoms with Crippen LogP contribution >= 0.6 is 39.7 Å². The zero-order chi connectivity index (χ0) is 10.6. The Labute approximate surface area is 108 Å². The SMILES string of the molecule is CCOC(=O)C[C@@H](N)c1ccc(Br)s1.Cl. The van der Waals surface area contributed by atoms with E-state index >= 15 is 0 Å². The molecule has 1 aromatic rings. The van der Waals surface area contributed by atoms with E-state index in [9.17, 15) is 4.79 Å². The summed E-state index contributed by atoms with van der Waals surface area (Å²) in [6, 6.07) is 3.58. The van der Waals surface area contributed by atoms with Crippen molar-refractivity contribution in [1.82, 2.24) is 0 Å². The number of carbonyl (C=O) groups is 1. The third-order valence-electron chi connectivity index (χ3n) is 1.65. The van der Waals surface area contributed by atoms with E-state index in [1.165, 1.54) is 11.3 Å². The Kier molecular flexibility index (Phi) is 7.17. The molecule has 86 valence electrons. The first kappa shape index (κ1) is 14.9. The molecular weight excluding hydrogens is 302 g/mol. The van der Waals surface area contributed by atoms with Crippen LogP contribution in [0.5, 0.6) is 0 Å². The topological polar surface area (TPSA) is 52.3 Å². The Balaban J connectivity index is 0.00000196. The number of carbonyl (C=O) groups excluding carboxylic acids is 1. The molecule has 0 unspecified atom stereocenters. The van der Waals surface area contributed by atoms with Crippen molar-refractivity contribution in [1.29, 1.82) is 0 Å². The van der Waals surface area contributed by atoms with Crippen molar-refractivity contribution >= 4 is 45.6 Å². The van der Waals surface area contributed by atoms with Crippen LogP contribution in [0.3, 0.4) is 0 Å². The number of ether oxygens (including phenoxy) is 1.